The Balaban J connectivity index is 2.18. The predicted octanol–water partition coefficient (Wildman–Crippen LogP) is 5.15. The molecule has 0 saturated heterocycles. The molecule has 146 valence electrons. The van der Waals surface area contributed by atoms with E-state index in [2.05, 4.69) is 6.92 Å². The highest BCUT2D eigenvalue weighted by Gasteiger charge is 2.29. The average molecular weight is 381 g/mol. The lowest BCUT2D eigenvalue weighted by Gasteiger charge is -2.43. The molecule has 3 aromatic carbocycles. The second-order valence-electron chi connectivity index (χ2n) is 7.55. The third-order valence-corrected chi connectivity index (χ3v) is 5.81. The van der Waals surface area contributed by atoms with E-state index >= 15 is 0 Å². The highest BCUT2D eigenvalue weighted by Crippen LogP contribution is 2.18. The Kier molecular flexibility index (Phi) is 6.61. The van der Waals surface area contributed by atoms with Gasteiger partial charge >= 0.3 is 0 Å². The van der Waals surface area contributed by atoms with Crippen LogP contribution < -0.4 is 16.4 Å². The largest absolute Gasteiger partial charge is 0.207 e. The number of hydrogen-bond acceptors (Lipinski definition) is 0. The molecule has 0 atom stereocenters. The Bertz CT molecular complexity index is 760. The van der Waals surface area contributed by atoms with Crippen LogP contribution in [0.15, 0.2) is 72.8 Å². The summed E-state index contributed by atoms with van der Waals surface area (Å²) in [6, 6.07) is 19.6. The molecule has 0 aliphatic carbocycles. The smallest absolute Gasteiger partial charge is 0.122 e. The molecule has 0 bridgehead atoms. The van der Waals surface area contributed by atoms with Crippen molar-refractivity contribution in [1.29, 1.82) is 0 Å². The van der Waals surface area contributed by atoms with Crippen LogP contribution >= 0.6 is 0 Å². The van der Waals surface area contributed by atoms with E-state index in [4.69, 9.17) is 0 Å². The Labute approximate surface area is 165 Å². The Hall–Kier alpha value is -2.49. The number of hydrogen-bond donors (Lipinski definition) is 0. The highest BCUT2D eigenvalue weighted by molar-refractivity contribution is 7.11. The summed E-state index contributed by atoms with van der Waals surface area (Å²) < 4.78 is 40.9. The summed E-state index contributed by atoms with van der Waals surface area (Å²) in [5, 5.41) is 0. The lowest BCUT2D eigenvalue weighted by atomic mass is 9.14. The van der Waals surface area contributed by atoms with E-state index in [0.29, 0.717) is 0 Å². The lowest BCUT2D eigenvalue weighted by molar-refractivity contribution is 0.628. The van der Waals surface area contributed by atoms with E-state index in [1.54, 1.807) is 0 Å². The van der Waals surface area contributed by atoms with Gasteiger partial charge in [-0.25, -0.2) is 13.2 Å². The van der Waals surface area contributed by atoms with E-state index in [9.17, 15) is 13.2 Å². The second-order valence-corrected chi connectivity index (χ2v) is 7.55. The van der Waals surface area contributed by atoms with Crippen LogP contribution in [0.5, 0.6) is 0 Å². The molecule has 0 fully saturated rings. The van der Waals surface area contributed by atoms with Crippen LogP contribution in [0, 0.1) is 17.5 Å². The highest BCUT2D eigenvalue weighted by atomic mass is 19.1. The van der Waals surface area contributed by atoms with Gasteiger partial charge in [0.05, 0.1) is 6.15 Å². The molecule has 0 nitrogen and oxygen atoms in total. The van der Waals surface area contributed by atoms with E-state index in [1.807, 2.05) is 36.4 Å². The molecular formula is C24H25BF3-. The molecule has 28 heavy (non-hydrogen) atoms. The zero-order valence-electron chi connectivity index (χ0n) is 16.2. The van der Waals surface area contributed by atoms with Gasteiger partial charge in [0.1, 0.15) is 17.5 Å². The molecule has 0 radical (unpaired) electrons. The van der Waals surface area contributed by atoms with Gasteiger partial charge in [0, 0.05) is 0 Å². The number of rotatable bonds is 8. The summed E-state index contributed by atoms with van der Waals surface area (Å²) in [6.45, 7) is 2.16. The van der Waals surface area contributed by atoms with Crippen molar-refractivity contribution in [1.82, 2.24) is 0 Å². The van der Waals surface area contributed by atoms with Crippen LogP contribution in [0.2, 0.25) is 6.32 Å². The normalized spacial score (nSPS) is 11.6. The van der Waals surface area contributed by atoms with Crippen molar-refractivity contribution < 1.29 is 13.2 Å². The van der Waals surface area contributed by atoms with Crippen molar-refractivity contribution in [2.75, 3.05) is 0 Å². The molecule has 0 aliphatic heterocycles. The first-order chi connectivity index (χ1) is 13.6. The van der Waals surface area contributed by atoms with Crippen molar-refractivity contribution in [2.24, 2.45) is 0 Å². The molecule has 0 aliphatic rings. The first kappa shape index (κ1) is 20.3. The SMILES string of the molecule is CCCCCC[B-](c1ccc(F)cc1)(c1ccc(F)cc1)c1ccc(F)cc1. The minimum absolute atomic E-state index is 0.294. The summed E-state index contributed by atoms with van der Waals surface area (Å²) in [5.74, 6) is -0.882. The van der Waals surface area contributed by atoms with Crippen LogP contribution in [0.4, 0.5) is 13.2 Å². The van der Waals surface area contributed by atoms with Gasteiger partial charge in [-0.3, -0.25) is 0 Å². The van der Waals surface area contributed by atoms with E-state index < -0.39 is 6.15 Å². The van der Waals surface area contributed by atoms with Gasteiger partial charge in [-0.05, 0) is 36.4 Å². The molecule has 0 heterocycles. The fourth-order valence-corrected chi connectivity index (χ4v) is 4.33. The summed E-state index contributed by atoms with van der Waals surface area (Å²) in [4.78, 5) is 0. The molecule has 0 N–H and O–H groups in total. The van der Waals surface area contributed by atoms with Gasteiger partial charge in [0.2, 0.25) is 0 Å². The first-order valence-electron chi connectivity index (χ1n) is 10.0. The average Bonchev–Trinajstić information content (AvgIpc) is 2.71. The van der Waals surface area contributed by atoms with E-state index in [1.165, 1.54) is 36.4 Å². The fraction of sp³-hybridized carbons (Fsp3) is 0.250. The summed E-state index contributed by atoms with van der Waals surface area (Å²) in [7, 11) is 0. The molecule has 0 aromatic heterocycles. The second kappa shape index (κ2) is 9.14. The van der Waals surface area contributed by atoms with Gasteiger partial charge < -0.3 is 0 Å². The van der Waals surface area contributed by atoms with Gasteiger partial charge in [-0.2, -0.15) is 22.7 Å². The minimum atomic E-state index is -1.47. The third kappa shape index (κ3) is 4.32. The Morgan fingerprint density at radius 1 is 0.536 bits per heavy atom. The molecule has 0 saturated carbocycles. The number of halogens is 3. The quantitative estimate of drug-likeness (QED) is 0.374. The summed E-state index contributed by atoms with van der Waals surface area (Å²) >= 11 is 0. The predicted molar refractivity (Wildman–Crippen MR) is 113 cm³/mol. The topological polar surface area (TPSA) is 0 Å². The maximum absolute atomic E-state index is 13.6. The summed E-state index contributed by atoms with van der Waals surface area (Å²) in [5.41, 5.74) is 2.95. The minimum Gasteiger partial charge on any atom is -0.207 e. The van der Waals surface area contributed by atoms with E-state index in [0.717, 1.165) is 48.4 Å². The standard InChI is InChI=1S/C24H25BF3/c1-2-3-4-5-18-25(19-6-12-22(26)13-7-19,20-8-14-23(27)15-9-20)21-10-16-24(28)17-11-21/h6-17H,2-5,18H2,1H3/q-1. The van der Waals surface area contributed by atoms with Gasteiger partial charge in [0.15, 0.2) is 0 Å². The van der Waals surface area contributed by atoms with Gasteiger partial charge in [-0.1, -0.05) is 69.0 Å². The van der Waals surface area contributed by atoms with Crippen LogP contribution in [0.3, 0.4) is 0 Å². The molecule has 0 amide bonds. The molecule has 0 unspecified atom stereocenters. The zero-order chi connectivity index (χ0) is 20.0. The van der Waals surface area contributed by atoms with Crippen LogP contribution in [0.1, 0.15) is 32.6 Å². The molecule has 3 aromatic rings. The van der Waals surface area contributed by atoms with Crippen LogP contribution in [0.25, 0.3) is 0 Å². The Morgan fingerprint density at radius 3 is 1.21 bits per heavy atom. The van der Waals surface area contributed by atoms with Gasteiger partial charge in [0.25, 0.3) is 0 Å². The monoisotopic (exact) mass is 381 g/mol. The third-order valence-electron chi connectivity index (χ3n) is 5.81. The molecular weight excluding hydrogens is 356 g/mol. The molecule has 0 spiro atoms. The number of benzene rings is 3. The lowest BCUT2D eigenvalue weighted by Crippen LogP contribution is -2.67. The first-order valence-corrected chi connectivity index (χ1v) is 10.0. The maximum atomic E-state index is 13.6. The zero-order valence-corrected chi connectivity index (χ0v) is 16.2. The molecule has 3 rings (SSSR count). The maximum Gasteiger partial charge on any atom is 0.122 e. The van der Waals surface area contributed by atoms with Crippen LogP contribution in [-0.2, 0) is 0 Å². The molecule has 4 heteroatoms. The van der Waals surface area contributed by atoms with Crippen LogP contribution in [-0.4, -0.2) is 6.15 Å². The fourth-order valence-electron chi connectivity index (χ4n) is 4.33. The Morgan fingerprint density at radius 2 is 0.893 bits per heavy atom. The van der Waals surface area contributed by atoms with Gasteiger partial charge in [-0.15, -0.1) is 0 Å². The van der Waals surface area contributed by atoms with Crippen molar-refractivity contribution in [2.45, 2.75) is 38.9 Å². The van der Waals surface area contributed by atoms with E-state index in [-0.39, 0.29) is 17.5 Å². The van der Waals surface area contributed by atoms with Crippen molar-refractivity contribution in [3.8, 4) is 0 Å². The van der Waals surface area contributed by atoms with Crippen molar-refractivity contribution in [3.05, 3.63) is 90.2 Å². The summed E-state index contributed by atoms with van der Waals surface area (Å²) in [6.07, 6.45) is 3.71. The van der Waals surface area contributed by atoms with Crippen molar-refractivity contribution in [3.63, 3.8) is 0 Å². The van der Waals surface area contributed by atoms with Crippen molar-refractivity contribution >= 4 is 22.5 Å². The number of unbranched alkanes of at least 4 members (excludes halogenated alkanes) is 3.